The molecule has 0 radical (unpaired) electrons. The van der Waals surface area contributed by atoms with Crippen LogP contribution in [0.1, 0.15) is 19.5 Å². The topological polar surface area (TPSA) is 30.7 Å². The molecule has 0 fully saturated rings. The highest BCUT2D eigenvalue weighted by Crippen LogP contribution is 2.19. The van der Waals surface area contributed by atoms with E-state index in [1.165, 1.54) is 0 Å². The molecule has 0 atom stereocenters. The molecule has 0 saturated carbocycles. The normalized spacial score (nSPS) is 11.1. The summed E-state index contributed by atoms with van der Waals surface area (Å²) in [5, 5.41) is 6.10. The first-order valence-corrected chi connectivity index (χ1v) is 5.16. The van der Waals surface area contributed by atoms with Gasteiger partial charge in [0.2, 0.25) is 0 Å². The fourth-order valence-corrected chi connectivity index (χ4v) is 1.72. The Morgan fingerprint density at radius 3 is 2.79 bits per heavy atom. The molecule has 0 N–H and O–H groups in total. The molecule has 2 heterocycles. The quantitative estimate of drug-likeness (QED) is 0.712. The molecule has 0 saturated heterocycles. The third kappa shape index (κ3) is 1.38. The van der Waals surface area contributed by atoms with E-state index < -0.39 is 0 Å². The van der Waals surface area contributed by atoms with Crippen LogP contribution in [-0.4, -0.2) is 14.8 Å². The average Bonchev–Trinajstić information content (AvgIpc) is 2.55. The lowest BCUT2D eigenvalue weighted by molar-refractivity contribution is 0.664. The largest absolute Gasteiger partial charge is 0.247 e. The van der Waals surface area contributed by atoms with E-state index in [4.69, 9.17) is 11.6 Å². The number of aromatic nitrogens is 3. The molecule has 0 unspecified atom stereocenters. The zero-order valence-electron chi connectivity index (χ0n) is 8.29. The summed E-state index contributed by atoms with van der Waals surface area (Å²) in [6, 6.07) is 3.80. The van der Waals surface area contributed by atoms with Crippen molar-refractivity contribution in [3.63, 3.8) is 0 Å². The van der Waals surface area contributed by atoms with Gasteiger partial charge < -0.3 is 0 Å². The molecule has 0 aromatic carbocycles. The van der Waals surface area contributed by atoms with Gasteiger partial charge in [0.1, 0.15) is 5.15 Å². The van der Waals surface area contributed by atoms with Crippen molar-refractivity contribution in [2.24, 2.45) is 0 Å². The number of halogens is 1. The van der Waals surface area contributed by atoms with Crippen molar-refractivity contribution in [3.05, 3.63) is 23.0 Å². The molecule has 74 valence electrons. The molecular weight excluding hydrogens is 198 g/mol. The summed E-state index contributed by atoms with van der Waals surface area (Å²) in [4.78, 5) is 4.28. The summed E-state index contributed by atoms with van der Waals surface area (Å²) in [7, 11) is 0. The van der Waals surface area contributed by atoms with Gasteiger partial charge in [-0.15, -0.1) is 0 Å². The second-order valence-corrected chi connectivity index (χ2v) is 3.51. The lowest BCUT2D eigenvalue weighted by Gasteiger charge is -1.96. The highest BCUT2D eigenvalue weighted by Gasteiger charge is 2.09. The smallest absolute Gasteiger partial charge is 0.159 e. The summed E-state index contributed by atoms with van der Waals surface area (Å²) < 4.78 is 1.89. The molecular formula is C10H12ClN3. The van der Waals surface area contributed by atoms with Gasteiger partial charge in [-0.25, -0.2) is 9.67 Å². The van der Waals surface area contributed by atoms with Crippen LogP contribution in [0.25, 0.3) is 11.0 Å². The fourth-order valence-electron chi connectivity index (χ4n) is 1.58. The van der Waals surface area contributed by atoms with E-state index in [1.807, 2.05) is 16.8 Å². The lowest BCUT2D eigenvalue weighted by atomic mass is 10.2. The van der Waals surface area contributed by atoms with E-state index in [9.17, 15) is 0 Å². The minimum Gasteiger partial charge on any atom is -0.247 e. The first kappa shape index (κ1) is 9.46. The zero-order valence-corrected chi connectivity index (χ0v) is 9.04. The maximum Gasteiger partial charge on any atom is 0.159 e. The van der Waals surface area contributed by atoms with Crippen molar-refractivity contribution in [2.75, 3.05) is 0 Å². The van der Waals surface area contributed by atoms with Gasteiger partial charge in [-0.1, -0.05) is 18.5 Å². The number of nitrogens with zero attached hydrogens (tertiary/aromatic N) is 3. The molecule has 0 aliphatic heterocycles. The van der Waals surface area contributed by atoms with Gasteiger partial charge in [0.25, 0.3) is 0 Å². The number of rotatable bonds is 2. The van der Waals surface area contributed by atoms with Gasteiger partial charge in [-0.2, -0.15) is 5.10 Å². The third-order valence-electron chi connectivity index (χ3n) is 2.27. The van der Waals surface area contributed by atoms with Crippen LogP contribution < -0.4 is 0 Å². The average molecular weight is 210 g/mol. The van der Waals surface area contributed by atoms with Crippen molar-refractivity contribution < 1.29 is 0 Å². The Balaban J connectivity index is 2.75. The lowest BCUT2D eigenvalue weighted by Crippen LogP contribution is -1.97. The fraction of sp³-hybridized carbons (Fsp3) is 0.400. The number of fused-ring (bicyclic) bond motifs is 1. The van der Waals surface area contributed by atoms with Crippen LogP contribution in [0.3, 0.4) is 0 Å². The van der Waals surface area contributed by atoms with Crippen LogP contribution in [0.15, 0.2) is 12.1 Å². The van der Waals surface area contributed by atoms with Crippen molar-refractivity contribution in [2.45, 2.75) is 26.8 Å². The Labute approximate surface area is 87.7 Å². The van der Waals surface area contributed by atoms with Crippen LogP contribution in [0.4, 0.5) is 0 Å². The Morgan fingerprint density at radius 2 is 2.14 bits per heavy atom. The summed E-state index contributed by atoms with van der Waals surface area (Å²) in [6.07, 6.45) is 0.923. The first-order valence-electron chi connectivity index (χ1n) is 4.78. The minimum atomic E-state index is 0.523. The minimum absolute atomic E-state index is 0.523. The zero-order chi connectivity index (χ0) is 10.1. The predicted octanol–water partition coefficient (Wildman–Crippen LogP) is 2.67. The monoisotopic (exact) mass is 209 g/mol. The van der Waals surface area contributed by atoms with E-state index in [2.05, 4.69) is 23.9 Å². The van der Waals surface area contributed by atoms with Gasteiger partial charge in [-0.05, 0) is 25.5 Å². The first-order chi connectivity index (χ1) is 6.76. The Hall–Kier alpha value is -1.09. The molecule has 3 nitrogen and oxygen atoms in total. The molecule has 2 aromatic rings. The van der Waals surface area contributed by atoms with Crippen LogP contribution >= 0.6 is 11.6 Å². The second kappa shape index (κ2) is 3.58. The predicted molar refractivity (Wildman–Crippen MR) is 57.6 cm³/mol. The summed E-state index contributed by atoms with van der Waals surface area (Å²) in [5.41, 5.74) is 1.97. The Morgan fingerprint density at radius 1 is 1.36 bits per heavy atom. The van der Waals surface area contributed by atoms with Gasteiger partial charge in [0.05, 0.1) is 5.69 Å². The van der Waals surface area contributed by atoms with Gasteiger partial charge in [0.15, 0.2) is 5.65 Å². The highest BCUT2D eigenvalue weighted by molar-refractivity contribution is 6.29. The number of hydrogen-bond acceptors (Lipinski definition) is 2. The maximum absolute atomic E-state index is 5.85. The molecule has 2 rings (SSSR count). The number of hydrogen-bond donors (Lipinski definition) is 0. The second-order valence-electron chi connectivity index (χ2n) is 3.12. The van der Waals surface area contributed by atoms with E-state index >= 15 is 0 Å². The molecule has 0 bridgehead atoms. The highest BCUT2D eigenvalue weighted by atomic mass is 35.5. The standard InChI is InChI=1S/C10H12ClN3/c1-3-8-7-5-6-9(11)12-10(7)14(4-2)13-8/h5-6H,3-4H2,1-2H3. The SMILES string of the molecule is CCc1nn(CC)c2nc(Cl)ccc12. The van der Waals surface area contributed by atoms with Gasteiger partial charge >= 0.3 is 0 Å². The summed E-state index contributed by atoms with van der Waals surface area (Å²) in [5.74, 6) is 0. The van der Waals surface area contributed by atoms with Crippen molar-refractivity contribution in [1.82, 2.24) is 14.8 Å². The number of aryl methyl sites for hydroxylation is 2. The van der Waals surface area contributed by atoms with Crippen LogP contribution in [0, 0.1) is 0 Å². The van der Waals surface area contributed by atoms with Crippen LogP contribution in [0.5, 0.6) is 0 Å². The molecule has 4 heteroatoms. The van der Waals surface area contributed by atoms with Crippen molar-refractivity contribution in [3.8, 4) is 0 Å². The van der Waals surface area contributed by atoms with E-state index in [-0.39, 0.29) is 0 Å². The van der Waals surface area contributed by atoms with Crippen LogP contribution in [0.2, 0.25) is 5.15 Å². The van der Waals surface area contributed by atoms with E-state index in [0.29, 0.717) is 5.15 Å². The summed E-state index contributed by atoms with van der Waals surface area (Å²) >= 11 is 5.85. The maximum atomic E-state index is 5.85. The van der Waals surface area contributed by atoms with Gasteiger partial charge in [-0.3, -0.25) is 0 Å². The molecule has 0 spiro atoms. The van der Waals surface area contributed by atoms with E-state index in [1.54, 1.807) is 0 Å². The Kier molecular flexibility index (Phi) is 2.42. The molecule has 2 aromatic heterocycles. The third-order valence-corrected chi connectivity index (χ3v) is 2.48. The van der Waals surface area contributed by atoms with Gasteiger partial charge in [0, 0.05) is 11.9 Å². The number of pyridine rings is 1. The summed E-state index contributed by atoms with van der Waals surface area (Å²) in [6.45, 7) is 4.97. The van der Waals surface area contributed by atoms with Crippen LogP contribution in [-0.2, 0) is 13.0 Å². The molecule has 0 aliphatic carbocycles. The molecule has 0 aliphatic rings. The van der Waals surface area contributed by atoms with Crippen molar-refractivity contribution in [1.29, 1.82) is 0 Å². The molecule has 0 amide bonds. The van der Waals surface area contributed by atoms with E-state index in [0.717, 1.165) is 29.7 Å². The van der Waals surface area contributed by atoms with Crippen molar-refractivity contribution >= 4 is 22.6 Å². The molecule has 14 heavy (non-hydrogen) atoms. The Bertz CT molecular complexity index is 462.